The number of fused-ring (bicyclic) bond motifs is 1. The van der Waals surface area contributed by atoms with Gasteiger partial charge < -0.3 is 8.94 Å². The third-order valence-electron chi connectivity index (χ3n) is 3.46. The van der Waals surface area contributed by atoms with Crippen molar-refractivity contribution in [3.05, 3.63) is 64.8 Å². The SMILES string of the molecule is Cc1ccc2oc(=O)c(-c3nc(-c4cccnc4)no3)cc2c1. The van der Waals surface area contributed by atoms with Crippen LogP contribution in [-0.4, -0.2) is 15.1 Å². The Labute approximate surface area is 130 Å². The molecule has 0 saturated carbocycles. The van der Waals surface area contributed by atoms with Gasteiger partial charge in [0.05, 0.1) is 0 Å². The Hall–Kier alpha value is -3.28. The van der Waals surface area contributed by atoms with E-state index in [-0.39, 0.29) is 11.5 Å². The molecule has 6 heteroatoms. The zero-order valence-electron chi connectivity index (χ0n) is 12.2. The standard InChI is InChI=1S/C17H11N3O3/c1-10-4-5-14-12(7-10)8-13(17(21)22-14)16-19-15(20-23-16)11-3-2-6-18-9-11/h2-9H,1H3. The molecule has 0 radical (unpaired) electrons. The number of hydrogen-bond acceptors (Lipinski definition) is 6. The highest BCUT2D eigenvalue weighted by molar-refractivity contribution is 5.81. The maximum absolute atomic E-state index is 12.2. The number of aromatic nitrogens is 3. The second-order valence-corrected chi connectivity index (χ2v) is 5.15. The molecule has 4 aromatic rings. The molecule has 0 atom stereocenters. The van der Waals surface area contributed by atoms with Crippen LogP contribution in [0.4, 0.5) is 0 Å². The van der Waals surface area contributed by atoms with Crippen LogP contribution in [0.25, 0.3) is 33.8 Å². The average molecular weight is 305 g/mol. The van der Waals surface area contributed by atoms with E-state index >= 15 is 0 Å². The highest BCUT2D eigenvalue weighted by Gasteiger charge is 2.16. The molecule has 0 fully saturated rings. The van der Waals surface area contributed by atoms with E-state index in [2.05, 4.69) is 15.1 Å². The normalized spacial score (nSPS) is 11.0. The zero-order chi connectivity index (χ0) is 15.8. The van der Waals surface area contributed by atoms with Gasteiger partial charge in [-0.15, -0.1) is 0 Å². The fourth-order valence-corrected chi connectivity index (χ4v) is 2.34. The van der Waals surface area contributed by atoms with Crippen LogP contribution in [0.2, 0.25) is 0 Å². The molecule has 6 nitrogen and oxygen atoms in total. The summed E-state index contributed by atoms with van der Waals surface area (Å²) in [6.07, 6.45) is 3.28. The van der Waals surface area contributed by atoms with Gasteiger partial charge in [0.1, 0.15) is 11.1 Å². The summed E-state index contributed by atoms with van der Waals surface area (Å²) in [5, 5.41) is 4.70. The lowest BCUT2D eigenvalue weighted by molar-refractivity contribution is 0.429. The lowest BCUT2D eigenvalue weighted by Crippen LogP contribution is -2.02. The van der Waals surface area contributed by atoms with Crippen molar-refractivity contribution in [3.8, 4) is 22.8 Å². The Morgan fingerprint density at radius 1 is 1.13 bits per heavy atom. The predicted molar refractivity (Wildman–Crippen MR) is 83.7 cm³/mol. The van der Waals surface area contributed by atoms with Gasteiger partial charge >= 0.3 is 5.63 Å². The van der Waals surface area contributed by atoms with Crippen LogP contribution < -0.4 is 5.63 Å². The first kappa shape index (κ1) is 13.4. The molecule has 0 aliphatic heterocycles. The second kappa shape index (κ2) is 5.17. The van der Waals surface area contributed by atoms with Gasteiger partial charge in [0, 0.05) is 23.3 Å². The summed E-state index contributed by atoms with van der Waals surface area (Å²) >= 11 is 0. The van der Waals surface area contributed by atoms with E-state index in [9.17, 15) is 4.79 Å². The molecule has 0 unspecified atom stereocenters. The van der Waals surface area contributed by atoms with E-state index in [4.69, 9.17) is 8.94 Å². The van der Waals surface area contributed by atoms with Crippen LogP contribution in [0, 0.1) is 6.92 Å². The number of hydrogen-bond donors (Lipinski definition) is 0. The van der Waals surface area contributed by atoms with E-state index < -0.39 is 5.63 Å². The van der Waals surface area contributed by atoms with Gasteiger partial charge in [-0.1, -0.05) is 16.8 Å². The van der Waals surface area contributed by atoms with Gasteiger partial charge in [-0.25, -0.2) is 4.79 Å². The quantitative estimate of drug-likeness (QED) is 0.529. The van der Waals surface area contributed by atoms with Crippen molar-refractivity contribution in [2.75, 3.05) is 0 Å². The second-order valence-electron chi connectivity index (χ2n) is 5.15. The van der Waals surface area contributed by atoms with Gasteiger partial charge in [0.2, 0.25) is 5.82 Å². The molecule has 0 amide bonds. The number of benzene rings is 1. The van der Waals surface area contributed by atoms with Gasteiger partial charge in [0.15, 0.2) is 0 Å². The van der Waals surface area contributed by atoms with Gasteiger partial charge in [-0.05, 0) is 37.3 Å². The highest BCUT2D eigenvalue weighted by atomic mass is 16.5. The number of rotatable bonds is 2. The van der Waals surface area contributed by atoms with Crippen LogP contribution in [-0.2, 0) is 0 Å². The van der Waals surface area contributed by atoms with Crippen molar-refractivity contribution in [2.24, 2.45) is 0 Å². The topological polar surface area (TPSA) is 82.0 Å². The molecule has 3 heterocycles. The molecular weight excluding hydrogens is 294 g/mol. The molecule has 23 heavy (non-hydrogen) atoms. The fourth-order valence-electron chi connectivity index (χ4n) is 2.34. The molecule has 0 saturated heterocycles. The van der Waals surface area contributed by atoms with Crippen LogP contribution in [0.3, 0.4) is 0 Å². The molecule has 4 rings (SSSR count). The Morgan fingerprint density at radius 2 is 2.04 bits per heavy atom. The monoisotopic (exact) mass is 305 g/mol. The summed E-state index contributed by atoms with van der Waals surface area (Å²) in [6, 6.07) is 10.9. The summed E-state index contributed by atoms with van der Waals surface area (Å²) in [5.41, 5.74) is 2.03. The lowest BCUT2D eigenvalue weighted by Gasteiger charge is -1.99. The molecule has 3 aromatic heterocycles. The molecule has 0 N–H and O–H groups in total. The number of aryl methyl sites for hydroxylation is 1. The summed E-state index contributed by atoms with van der Waals surface area (Å²) in [4.78, 5) is 20.4. The van der Waals surface area contributed by atoms with Crippen molar-refractivity contribution in [2.45, 2.75) is 6.92 Å². The number of nitrogens with zero attached hydrogens (tertiary/aromatic N) is 3. The summed E-state index contributed by atoms with van der Waals surface area (Å²) in [5.74, 6) is 0.498. The van der Waals surface area contributed by atoms with Crippen LogP contribution in [0.1, 0.15) is 5.56 Å². The maximum atomic E-state index is 12.2. The minimum absolute atomic E-state index is 0.126. The molecular formula is C17H11N3O3. The Kier molecular flexibility index (Phi) is 3.01. The van der Waals surface area contributed by atoms with Crippen LogP contribution >= 0.6 is 0 Å². The Bertz CT molecular complexity index is 1050. The molecule has 0 spiro atoms. The lowest BCUT2D eigenvalue weighted by atomic mass is 10.1. The fraction of sp³-hybridized carbons (Fsp3) is 0.0588. The smallest absolute Gasteiger partial charge is 0.349 e. The first-order valence-corrected chi connectivity index (χ1v) is 7.00. The Morgan fingerprint density at radius 3 is 2.87 bits per heavy atom. The van der Waals surface area contributed by atoms with Gasteiger partial charge in [-0.3, -0.25) is 4.98 Å². The van der Waals surface area contributed by atoms with E-state index in [1.165, 1.54) is 0 Å². The average Bonchev–Trinajstić information content (AvgIpc) is 3.05. The van der Waals surface area contributed by atoms with Gasteiger partial charge in [0.25, 0.3) is 5.89 Å². The minimum Gasteiger partial charge on any atom is -0.422 e. The summed E-state index contributed by atoms with van der Waals surface area (Å²) in [7, 11) is 0. The van der Waals surface area contributed by atoms with E-state index in [1.54, 1.807) is 30.6 Å². The number of pyridine rings is 1. The third kappa shape index (κ3) is 2.40. The van der Waals surface area contributed by atoms with Crippen molar-refractivity contribution in [1.29, 1.82) is 0 Å². The van der Waals surface area contributed by atoms with E-state index in [0.29, 0.717) is 17.0 Å². The van der Waals surface area contributed by atoms with Gasteiger partial charge in [-0.2, -0.15) is 4.98 Å². The predicted octanol–water partition coefficient (Wildman–Crippen LogP) is 3.21. The van der Waals surface area contributed by atoms with Crippen LogP contribution in [0.15, 0.2) is 62.5 Å². The maximum Gasteiger partial charge on any atom is 0.349 e. The van der Waals surface area contributed by atoms with Crippen molar-refractivity contribution in [3.63, 3.8) is 0 Å². The Balaban J connectivity index is 1.85. The highest BCUT2D eigenvalue weighted by Crippen LogP contribution is 2.23. The summed E-state index contributed by atoms with van der Waals surface area (Å²) < 4.78 is 10.5. The molecule has 1 aromatic carbocycles. The first-order chi connectivity index (χ1) is 11.2. The largest absolute Gasteiger partial charge is 0.422 e. The van der Waals surface area contributed by atoms with Crippen molar-refractivity contribution in [1.82, 2.24) is 15.1 Å². The molecule has 112 valence electrons. The van der Waals surface area contributed by atoms with E-state index in [0.717, 1.165) is 10.9 Å². The van der Waals surface area contributed by atoms with E-state index in [1.807, 2.05) is 25.1 Å². The minimum atomic E-state index is -0.511. The molecule has 0 bridgehead atoms. The first-order valence-electron chi connectivity index (χ1n) is 7.00. The van der Waals surface area contributed by atoms with Crippen molar-refractivity contribution >= 4 is 11.0 Å². The summed E-state index contributed by atoms with van der Waals surface area (Å²) in [6.45, 7) is 1.97. The third-order valence-corrected chi connectivity index (χ3v) is 3.46. The van der Waals surface area contributed by atoms with Crippen LogP contribution in [0.5, 0.6) is 0 Å². The molecule has 0 aliphatic rings. The molecule has 0 aliphatic carbocycles. The van der Waals surface area contributed by atoms with Crippen molar-refractivity contribution < 1.29 is 8.94 Å². The zero-order valence-corrected chi connectivity index (χ0v) is 12.2.